The number of carboxylic acid groups (broad SMARTS) is 1. The summed E-state index contributed by atoms with van der Waals surface area (Å²) in [6.07, 6.45) is 0. The minimum atomic E-state index is -1.11. The summed E-state index contributed by atoms with van der Waals surface area (Å²) < 4.78 is 4.90. The predicted molar refractivity (Wildman–Crippen MR) is 61.3 cm³/mol. The Hall–Kier alpha value is -1.84. The molecule has 0 saturated heterocycles. The van der Waals surface area contributed by atoms with E-state index < -0.39 is 5.97 Å². The lowest BCUT2D eigenvalue weighted by atomic mass is 10.1. The van der Waals surface area contributed by atoms with Crippen LogP contribution >= 0.6 is 0 Å². The fourth-order valence-electron chi connectivity index (χ4n) is 1.20. The zero-order chi connectivity index (χ0) is 12.7. The first-order valence-corrected chi connectivity index (χ1v) is 4.99. The van der Waals surface area contributed by atoms with Gasteiger partial charge < -0.3 is 9.84 Å². The minimum absolute atomic E-state index is 0.000185. The van der Waals surface area contributed by atoms with Crippen LogP contribution in [0, 0.1) is 0 Å². The largest absolute Gasteiger partial charge is 0.495 e. The lowest BCUT2D eigenvalue weighted by molar-refractivity contribution is 0.0693. The molecule has 0 spiro atoms. The standard InChI is InChI=1S/C10H10O4.C2H6/c1-6(11)7-4-3-5-8(10(12)13)9(7)14-2;1-2/h3-5H,1-2H3,(H,12,13);1-2H3. The summed E-state index contributed by atoms with van der Waals surface area (Å²) in [5, 5.41) is 8.81. The van der Waals surface area contributed by atoms with Gasteiger partial charge in [0.2, 0.25) is 0 Å². The molecule has 0 radical (unpaired) electrons. The van der Waals surface area contributed by atoms with Crippen LogP contribution in [0.15, 0.2) is 18.2 Å². The third kappa shape index (κ3) is 3.08. The number of aromatic carboxylic acids is 1. The van der Waals surface area contributed by atoms with E-state index in [2.05, 4.69) is 0 Å². The highest BCUT2D eigenvalue weighted by Crippen LogP contribution is 2.23. The molecule has 16 heavy (non-hydrogen) atoms. The van der Waals surface area contributed by atoms with Gasteiger partial charge in [-0.1, -0.05) is 19.9 Å². The van der Waals surface area contributed by atoms with Crippen LogP contribution in [0.4, 0.5) is 0 Å². The molecule has 0 bridgehead atoms. The van der Waals surface area contributed by atoms with Gasteiger partial charge in [-0.2, -0.15) is 0 Å². The predicted octanol–water partition coefficient (Wildman–Crippen LogP) is 2.62. The van der Waals surface area contributed by atoms with Gasteiger partial charge in [-0.15, -0.1) is 0 Å². The van der Waals surface area contributed by atoms with Crippen LogP contribution in [-0.4, -0.2) is 24.0 Å². The van der Waals surface area contributed by atoms with E-state index >= 15 is 0 Å². The average molecular weight is 224 g/mol. The summed E-state index contributed by atoms with van der Waals surface area (Å²) in [6, 6.07) is 4.45. The van der Waals surface area contributed by atoms with Crippen LogP contribution in [-0.2, 0) is 0 Å². The van der Waals surface area contributed by atoms with Crippen molar-refractivity contribution in [3.63, 3.8) is 0 Å². The second-order valence-electron chi connectivity index (χ2n) is 2.75. The third-order valence-corrected chi connectivity index (χ3v) is 1.83. The van der Waals surface area contributed by atoms with Crippen molar-refractivity contribution < 1.29 is 19.4 Å². The summed E-state index contributed by atoms with van der Waals surface area (Å²) in [5.74, 6) is -1.21. The molecule has 0 aliphatic carbocycles. The molecular weight excluding hydrogens is 208 g/mol. The summed E-state index contributed by atoms with van der Waals surface area (Å²) in [5.41, 5.74) is 0.285. The average Bonchev–Trinajstić information content (AvgIpc) is 2.30. The second kappa shape index (κ2) is 6.61. The molecule has 1 aromatic carbocycles. The normalized spacial score (nSPS) is 8.75. The van der Waals surface area contributed by atoms with Crippen molar-refractivity contribution in [3.8, 4) is 5.75 Å². The maximum atomic E-state index is 11.1. The fraction of sp³-hybridized carbons (Fsp3) is 0.333. The van der Waals surface area contributed by atoms with E-state index in [1.807, 2.05) is 13.8 Å². The number of methoxy groups -OCH3 is 1. The number of carbonyl (C=O) groups excluding carboxylic acids is 1. The SMILES string of the molecule is CC.COc1c(C(C)=O)cccc1C(=O)O. The Morgan fingerprint density at radius 1 is 1.19 bits per heavy atom. The zero-order valence-corrected chi connectivity index (χ0v) is 9.90. The Bertz CT molecular complexity index is 350. The van der Waals surface area contributed by atoms with Crippen molar-refractivity contribution in [2.45, 2.75) is 20.8 Å². The molecule has 0 heterocycles. The van der Waals surface area contributed by atoms with E-state index in [4.69, 9.17) is 9.84 Å². The first-order chi connectivity index (χ1) is 7.57. The molecule has 88 valence electrons. The molecule has 1 aromatic rings. The Labute approximate surface area is 94.9 Å². The number of Topliss-reactive ketones (excluding diaryl/α,β-unsaturated/α-hetero) is 1. The van der Waals surface area contributed by atoms with Crippen LogP contribution in [0.2, 0.25) is 0 Å². The van der Waals surface area contributed by atoms with E-state index in [1.54, 1.807) is 0 Å². The van der Waals surface area contributed by atoms with Crippen molar-refractivity contribution in [1.29, 1.82) is 0 Å². The molecule has 0 fully saturated rings. The molecule has 0 aliphatic rings. The summed E-state index contributed by atoms with van der Waals surface area (Å²) in [7, 11) is 1.34. The van der Waals surface area contributed by atoms with Crippen LogP contribution < -0.4 is 4.74 Å². The number of ketones is 1. The summed E-state index contributed by atoms with van der Waals surface area (Å²) in [4.78, 5) is 21.9. The van der Waals surface area contributed by atoms with E-state index in [1.165, 1.54) is 32.2 Å². The maximum absolute atomic E-state index is 11.1. The molecule has 0 aliphatic heterocycles. The van der Waals surface area contributed by atoms with E-state index in [0.717, 1.165) is 0 Å². The van der Waals surface area contributed by atoms with Gasteiger partial charge in [-0.3, -0.25) is 4.79 Å². The molecule has 0 amide bonds. The Morgan fingerprint density at radius 2 is 1.69 bits per heavy atom. The number of ether oxygens (including phenoxy) is 1. The first-order valence-electron chi connectivity index (χ1n) is 4.99. The molecular formula is C12H16O4. The van der Waals surface area contributed by atoms with Crippen molar-refractivity contribution >= 4 is 11.8 Å². The molecule has 0 saturated carbocycles. The zero-order valence-electron chi connectivity index (χ0n) is 9.90. The molecule has 1 N–H and O–H groups in total. The highest BCUT2D eigenvalue weighted by atomic mass is 16.5. The van der Waals surface area contributed by atoms with Gasteiger partial charge in [0.25, 0.3) is 0 Å². The quantitative estimate of drug-likeness (QED) is 0.801. The summed E-state index contributed by atoms with van der Waals surface area (Å²) in [6.45, 7) is 5.36. The monoisotopic (exact) mass is 224 g/mol. The van der Waals surface area contributed by atoms with Gasteiger partial charge in [0, 0.05) is 0 Å². The molecule has 1 rings (SSSR count). The number of hydrogen-bond acceptors (Lipinski definition) is 3. The van der Waals surface area contributed by atoms with Gasteiger partial charge in [-0.25, -0.2) is 4.79 Å². The number of rotatable bonds is 3. The topological polar surface area (TPSA) is 63.6 Å². The van der Waals surface area contributed by atoms with Crippen LogP contribution in [0.5, 0.6) is 5.75 Å². The minimum Gasteiger partial charge on any atom is -0.495 e. The van der Waals surface area contributed by atoms with Crippen LogP contribution in [0.1, 0.15) is 41.5 Å². The number of para-hydroxylation sites is 1. The van der Waals surface area contributed by atoms with Crippen LogP contribution in [0.25, 0.3) is 0 Å². The second-order valence-corrected chi connectivity index (χ2v) is 2.75. The van der Waals surface area contributed by atoms with E-state index in [9.17, 15) is 9.59 Å². The van der Waals surface area contributed by atoms with Crippen molar-refractivity contribution in [2.24, 2.45) is 0 Å². The van der Waals surface area contributed by atoms with Crippen molar-refractivity contribution in [2.75, 3.05) is 7.11 Å². The van der Waals surface area contributed by atoms with Gasteiger partial charge in [-0.05, 0) is 19.1 Å². The highest BCUT2D eigenvalue weighted by molar-refractivity contribution is 6.01. The number of hydrogen-bond donors (Lipinski definition) is 1. The smallest absolute Gasteiger partial charge is 0.339 e. The van der Waals surface area contributed by atoms with E-state index in [0.29, 0.717) is 0 Å². The number of carbonyl (C=O) groups is 2. The fourth-order valence-corrected chi connectivity index (χ4v) is 1.20. The van der Waals surface area contributed by atoms with Gasteiger partial charge in [0.1, 0.15) is 11.3 Å². The van der Waals surface area contributed by atoms with Gasteiger partial charge in [0.05, 0.1) is 12.7 Å². The lowest BCUT2D eigenvalue weighted by Gasteiger charge is -2.08. The highest BCUT2D eigenvalue weighted by Gasteiger charge is 2.16. The Morgan fingerprint density at radius 3 is 2.06 bits per heavy atom. The van der Waals surface area contributed by atoms with Gasteiger partial charge >= 0.3 is 5.97 Å². The van der Waals surface area contributed by atoms with Crippen molar-refractivity contribution in [1.82, 2.24) is 0 Å². The van der Waals surface area contributed by atoms with Crippen LogP contribution in [0.3, 0.4) is 0 Å². The van der Waals surface area contributed by atoms with E-state index in [-0.39, 0.29) is 22.7 Å². The molecule has 0 atom stereocenters. The summed E-state index contributed by atoms with van der Waals surface area (Å²) >= 11 is 0. The molecule has 4 heteroatoms. The van der Waals surface area contributed by atoms with Gasteiger partial charge in [0.15, 0.2) is 5.78 Å². The first kappa shape index (κ1) is 14.2. The van der Waals surface area contributed by atoms with Crippen molar-refractivity contribution in [3.05, 3.63) is 29.3 Å². The molecule has 4 nitrogen and oxygen atoms in total. The maximum Gasteiger partial charge on any atom is 0.339 e. The number of benzene rings is 1. The molecule has 0 aromatic heterocycles. The molecule has 0 unspecified atom stereocenters. The number of carboxylic acids is 1. The Kier molecular flexibility index (Phi) is 5.85. The third-order valence-electron chi connectivity index (χ3n) is 1.83. The Balaban J connectivity index is 0.00000106. The lowest BCUT2D eigenvalue weighted by Crippen LogP contribution is -2.05.